The summed E-state index contributed by atoms with van der Waals surface area (Å²) >= 11 is 0. The summed E-state index contributed by atoms with van der Waals surface area (Å²) in [5.74, 6) is -0.794. The topological polar surface area (TPSA) is 66.1 Å². The van der Waals surface area contributed by atoms with Crippen LogP contribution in [-0.4, -0.2) is 12.2 Å². The van der Waals surface area contributed by atoms with Crippen molar-refractivity contribution in [3.05, 3.63) is 35.4 Å². The lowest BCUT2D eigenvalue weighted by Gasteiger charge is -1.98. The maximum atomic E-state index is 10.8. The van der Waals surface area contributed by atoms with Crippen LogP contribution in [0.15, 0.2) is 24.3 Å². The van der Waals surface area contributed by atoms with Crippen LogP contribution in [0.4, 0.5) is 0 Å². The van der Waals surface area contributed by atoms with Gasteiger partial charge < -0.3 is 0 Å². The molecule has 1 radical (unpaired) electrons. The van der Waals surface area contributed by atoms with Gasteiger partial charge in [0.15, 0.2) is 6.29 Å². The Morgan fingerprint density at radius 3 is 2.58 bits per heavy atom. The van der Waals surface area contributed by atoms with E-state index in [2.05, 4.69) is 0 Å². The second-order valence-corrected chi connectivity index (χ2v) is 2.14. The molecule has 1 rings (SSSR count). The highest BCUT2D eigenvalue weighted by Gasteiger charge is 2.08. The quantitative estimate of drug-likeness (QED) is 0.513. The van der Waals surface area contributed by atoms with E-state index in [1.807, 2.05) is 0 Å². The van der Waals surface area contributed by atoms with E-state index in [0.717, 1.165) is 0 Å². The van der Waals surface area contributed by atoms with E-state index in [0.29, 0.717) is 6.29 Å². The van der Waals surface area contributed by atoms with Gasteiger partial charge in [-0.05, 0) is 6.07 Å². The molecule has 0 bridgehead atoms. The molecule has 12 heavy (non-hydrogen) atoms. The van der Waals surface area contributed by atoms with E-state index in [-0.39, 0.29) is 11.1 Å². The van der Waals surface area contributed by atoms with Crippen LogP contribution < -0.4 is 5.48 Å². The van der Waals surface area contributed by atoms with Crippen molar-refractivity contribution in [3.63, 3.8) is 0 Å². The average Bonchev–Trinajstić information content (AvgIpc) is 2.16. The number of amides is 1. The van der Waals surface area contributed by atoms with Gasteiger partial charge in [0.05, 0.1) is 5.56 Å². The summed E-state index contributed by atoms with van der Waals surface area (Å²) in [7, 11) is 0. The number of carbonyl (C=O) groups is 2. The van der Waals surface area contributed by atoms with Crippen molar-refractivity contribution < 1.29 is 14.8 Å². The Kier molecular flexibility index (Phi) is 2.55. The number of carbonyl (C=O) groups excluding carboxylic acids is 2. The van der Waals surface area contributed by atoms with Crippen molar-refractivity contribution in [1.82, 2.24) is 5.48 Å². The first-order chi connectivity index (χ1) is 5.79. The highest BCUT2D eigenvalue weighted by atomic mass is 16.5. The molecule has 1 amide bonds. The summed E-state index contributed by atoms with van der Waals surface area (Å²) in [4.78, 5) is 21.2. The fourth-order valence-electron chi connectivity index (χ4n) is 0.862. The van der Waals surface area contributed by atoms with Gasteiger partial charge in [0.25, 0.3) is 5.91 Å². The second-order valence-electron chi connectivity index (χ2n) is 2.14. The zero-order chi connectivity index (χ0) is 8.97. The Morgan fingerprint density at radius 1 is 1.33 bits per heavy atom. The van der Waals surface area contributed by atoms with E-state index in [4.69, 9.17) is 0 Å². The van der Waals surface area contributed by atoms with E-state index in [1.165, 1.54) is 17.6 Å². The first kappa shape index (κ1) is 8.42. The van der Waals surface area contributed by atoms with E-state index >= 15 is 0 Å². The van der Waals surface area contributed by atoms with Crippen molar-refractivity contribution >= 4 is 12.2 Å². The molecule has 61 valence electrons. The van der Waals surface area contributed by atoms with Crippen LogP contribution >= 0.6 is 0 Å². The van der Waals surface area contributed by atoms with Crippen LogP contribution in [0.1, 0.15) is 20.7 Å². The molecule has 1 aromatic rings. The molecule has 0 saturated heterocycles. The van der Waals surface area contributed by atoms with Crippen molar-refractivity contribution in [2.45, 2.75) is 0 Å². The van der Waals surface area contributed by atoms with Crippen LogP contribution in [0, 0.1) is 0 Å². The third-order valence-corrected chi connectivity index (χ3v) is 1.43. The Morgan fingerprint density at radius 2 is 2.00 bits per heavy atom. The number of nitrogens with one attached hydrogen (secondary N) is 1. The predicted octanol–water partition coefficient (Wildman–Crippen LogP) is 0.574. The van der Waals surface area contributed by atoms with Crippen LogP contribution in [0.25, 0.3) is 0 Å². The fourth-order valence-corrected chi connectivity index (χ4v) is 0.862. The Bertz CT molecular complexity index is 309. The third-order valence-electron chi connectivity index (χ3n) is 1.43. The summed E-state index contributed by atoms with van der Waals surface area (Å²) in [6.45, 7) is 0. The van der Waals surface area contributed by atoms with Gasteiger partial charge in [-0.2, -0.15) is 5.48 Å². The molecular formula is C8H6NO3. The van der Waals surface area contributed by atoms with E-state index in [9.17, 15) is 14.8 Å². The highest BCUT2D eigenvalue weighted by molar-refractivity contribution is 6.00. The number of rotatable bonds is 2. The molecule has 0 aliphatic heterocycles. The minimum Gasteiger partial charge on any atom is -0.298 e. The summed E-state index contributed by atoms with van der Waals surface area (Å²) in [5.41, 5.74) is 1.52. The SMILES string of the molecule is [O]NC(=O)c1ccccc1C=O. The normalized spacial score (nSPS) is 9.08. The molecule has 4 nitrogen and oxygen atoms in total. The fraction of sp³-hybridized carbons (Fsp3) is 0. The first-order valence-corrected chi connectivity index (χ1v) is 3.26. The molecule has 0 aliphatic rings. The molecule has 0 spiro atoms. The molecule has 1 aromatic carbocycles. The number of hydroxylamine groups is 1. The van der Waals surface area contributed by atoms with Crippen molar-refractivity contribution in [2.24, 2.45) is 0 Å². The molecule has 4 heteroatoms. The van der Waals surface area contributed by atoms with Crippen molar-refractivity contribution in [2.75, 3.05) is 0 Å². The van der Waals surface area contributed by atoms with Gasteiger partial charge in [-0.1, -0.05) is 23.4 Å². The summed E-state index contributed by atoms with van der Waals surface area (Å²) < 4.78 is 0. The minimum absolute atomic E-state index is 0.0995. The average molecular weight is 164 g/mol. The van der Waals surface area contributed by atoms with Gasteiger partial charge in [-0.25, -0.2) is 0 Å². The van der Waals surface area contributed by atoms with E-state index in [1.54, 1.807) is 12.1 Å². The molecule has 0 heterocycles. The van der Waals surface area contributed by atoms with Gasteiger partial charge in [0, 0.05) is 5.56 Å². The van der Waals surface area contributed by atoms with Crippen LogP contribution in [-0.2, 0) is 5.21 Å². The highest BCUT2D eigenvalue weighted by Crippen LogP contribution is 2.04. The van der Waals surface area contributed by atoms with Gasteiger partial charge in [0.1, 0.15) is 0 Å². The molecule has 0 aromatic heterocycles. The Labute approximate surface area is 68.8 Å². The predicted molar refractivity (Wildman–Crippen MR) is 40.0 cm³/mol. The van der Waals surface area contributed by atoms with Gasteiger partial charge in [-0.15, -0.1) is 0 Å². The standard InChI is InChI=1S/C8H6NO3/c10-5-6-3-1-2-4-7(6)8(11)9-12/h1-5H,(H,9,11). The summed E-state index contributed by atoms with van der Waals surface area (Å²) in [6.07, 6.45) is 0.532. The summed E-state index contributed by atoms with van der Waals surface area (Å²) in [6, 6.07) is 6.08. The van der Waals surface area contributed by atoms with Crippen LogP contribution in [0.2, 0.25) is 0 Å². The molecule has 0 atom stereocenters. The largest absolute Gasteiger partial charge is 0.298 e. The second kappa shape index (κ2) is 3.64. The first-order valence-electron chi connectivity index (χ1n) is 3.26. The number of aldehydes is 1. The van der Waals surface area contributed by atoms with Crippen molar-refractivity contribution in [3.8, 4) is 0 Å². The number of hydrogen-bond donors (Lipinski definition) is 1. The maximum Gasteiger partial charge on any atom is 0.278 e. The van der Waals surface area contributed by atoms with Gasteiger partial charge in [0.2, 0.25) is 0 Å². The minimum atomic E-state index is -0.794. The lowest BCUT2D eigenvalue weighted by molar-refractivity contribution is 0.0463. The molecule has 0 aliphatic carbocycles. The van der Waals surface area contributed by atoms with Crippen molar-refractivity contribution in [1.29, 1.82) is 0 Å². The molecular weight excluding hydrogens is 158 g/mol. The summed E-state index contributed by atoms with van der Waals surface area (Å²) in [5, 5.41) is 9.98. The maximum absolute atomic E-state index is 10.8. The smallest absolute Gasteiger partial charge is 0.278 e. The zero-order valence-corrected chi connectivity index (χ0v) is 6.11. The third kappa shape index (κ3) is 1.49. The number of benzene rings is 1. The van der Waals surface area contributed by atoms with Crippen LogP contribution in [0.5, 0.6) is 0 Å². The van der Waals surface area contributed by atoms with Gasteiger partial charge in [-0.3, -0.25) is 9.59 Å². The van der Waals surface area contributed by atoms with E-state index < -0.39 is 5.91 Å². The lowest BCUT2D eigenvalue weighted by atomic mass is 10.1. The lowest BCUT2D eigenvalue weighted by Crippen LogP contribution is -2.18. The van der Waals surface area contributed by atoms with Crippen LogP contribution in [0.3, 0.4) is 0 Å². The Hall–Kier alpha value is -1.68. The molecule has 0 unspecified atom stereocenters. The molecule has 0 saturated carbocycles. The zero-order valence-electron chi connectivity index (χ0n) is 6.11. The molecule has 1 N–H and O–H groups in total. The monoisotopic (exact) mass is 164 g/mol. The Balaban J connectivity index is 3.13. The number of hydrogen-bond acceptors (Lipinski definition) is 2. The van der Waals surface area contributed by atoms with Gasteiger partial charge >= 0.3 is 0 Å². The molecule has 0 fully saturated rings.